The molecule has 0 atom stereocenters. The van der Waals surface area contributed by atoms with Crippen LogP contribution in [0.25, 0.3) is 0 Å². The molecule has 0 aliphatic heterocycles. The summed E-state index contributed by atoms with van der Waals surface area (Å²) in [6.07, 6.45) is -3.66. The molecule has 12 heteroatoms. The van der Waals surface area contributed by atoms with Crippen molar-refractivity contribution in [2.45, 2.75) is 84.4 Å². The minimum Gasteiger partial charge on any atom is -0.462 e. The van der Waals surface area contributed by atoms with Crippen molar-refractivity contribution in [3.63, 3.8) is 0 Å². The lowest BCUT2D eigenvalue weighted by molar-refractivity contribution is -0.190. The molecular formula is C39H42F6O6. The fraction of sp³-hybridized carbons (Fsp3) is 0.385. The summed E-state index contributed by atoms with van der Waals surface area (Å²) in [6.45, 7) is 11.8. The van der Waals surface area contributed by atoms with Gasteiger partial charge in [0.05, 0.1) is 24.3 Å². The zero-order valence-electron chi connectivity index (χ0n) is 28.9. The zero-order valence-corrected chi connectivity index (χ0v) is 28.9. The smallest absolute Gasteiger partial charge is 0.429 e. The third-order valence-electron chi connectivity index (χ3n) is 7.71. The molecule has 0 heterocycles. The minimum atomic E-state index is -4.10. The van der Waals surface area contributed by atoms with E-state index >= 15 is 17.6 Å². The summed E-state index contributed by atoms with van der Waals surface area (Å²) < 4.78 is 109. The highest BCUT2D eigenvalue weighted by Gasteiger charge is 2.39. The monoisotopic (exact) mass is 720 g/mol. The Kier molecular flexibility index (Phi) is 14.7. The standard InChI is InChI=1S/C39H42F6O6/c1-25(2)36(46)48-20-10-6-8-12-28-14-17-31(33(40)23-28)38(42,43)50-30-16-19-35(27(5)22-30)51-39(44,45)32-18-15-29(24-34(32)41)13-9-7-11-21-49-37(47)26(3)4/h14-19,22-24H,1,3,6-13,20-21H2,2,4-5H3. The van der Waals surface area contributed by atoms with Gasteiger partial charge in [-0.05, 0) is 131 Å². The lowest BCUT2D eigenvalue weighted by atomic mass is 10.0. The average Bonchev–Trinajstić information content (AvgIpc) is 3.04. The molecule has 0 radical (unpaired) electrons. The van der Waals surface area contributed by atoms with Gasteiger partial charge in [0.2, 0.25) is 0 Å². The van der Waals surface area contributed by atoms with E-state index < -0.39 is 58.4 Å². The Labute approximate surface area is 294 Å². The van der Waals surface area contributed by atoms with E-state index in [1.165, 1.54) is 19.1 Å². The number of carbonyl (C=O) groups excluding carboxylic acids is 2. The molecule has 0 spiro atoms. The summed E-state index contributed by atoms with van der Waals surface area (Å²) in [4.78, 5) is 22.8. The van der Waals surface area contributed by atoms with Gasteiger partial charge in [-0.25, -0.2) is 18.4 Å². The van der Waals surface area contributed by atoms with Gasteiger partial charge in [-0.3, -0.25) is 0 Å². The van der Waals surface area contributed by atoms with Gasteiger partial charge in [-0.2, -0.15) is 17.6 Å². The summed E-state index contributed by atoms with van der Waals surface area (Å²) in [5.74, 6) is -4.16. The molecule has 0 amide bonds. The van der Waals surface area contributed by atoms with Crippen LogP contribution >= 0.6 is 0 Å². The first-order valence-electron chi connectivity index (χ1n) is 16.5. The molecule has 0 saturated heterocycles. The van der Waals surface area contributed by atoms with Crippen LogP contribution in [0.15, 0.2) is 78.9 Å². The lowest BCUT2D eigenvalue weighted by Crippen LogP contribution is -2.25. The Bertz CT molecular complexity index is 1700. The van der Waals surface area contributed by atoms with E-state index in [2.05, 4.69) is 13.2 Å². The van der Waals surface area contributed by atoms with Gasteiger partial charge in [-0.1, -0.05) is 25.3 Å². The number of unbranched alkanes of at least 4 members (excludes halogenated alkanes) is 4. The first kappa shape index (κ1) is 40.7. The van der Waals surface area contributed by atoms with Gasteiger partial charge in [0.1, 0.15) is 23.1 Å². The van der Waals surface area contributed by atoms with E-state index in [9.17, 15) is 18.4 Å². The molecule has 276 valence electrons. The second-order valence-corrected chi connectivity index (χ2v) is 12.2. The maximum absolute atomic E-state index is 15.1. The molecule has 6 nitrogen and oxygen atoms in total. The van der Waals surface area contributed by atoms with Crippen LogP contribution in [0.1, 0.15) is 80.2 Å². The molecule has 0 saturated carbocycles. The molecule has 3 aromatic rings. The first-order chi connectivity index (χ1) is 24.0. The number of ether oxygens (including phenoxy) is 4. The van der Waals surface area contributed by atoms with E-state index in [0.717, 1.165) is 42.5 Å². The average molecular weight is 721 g/mol. The van der Waals surface area contributed by atoms with E-state index in [-0.39, 0.29) is 18.8 Å². The molecule has 0 aliphatic rings. The molecular weight excluding hydrogens is 678 g/mol. The predicted molar refractivity (Wildman–Crippen MR) is 180 cm³/mol. The van der Waals surface area contributed by atoms with Gasteiger partial charge in [0, 0.05) is 11.1 Å². The molecule has 51 heavy (non-hydrogen) atoms. The van der Waals surface area contributed by atoms with Crippen molar-refractivity contribution in [1.29, 1.82) is 0 Å². The normalized spacial score (nSPS) is 11.5. The van der Waals surface area contributed by atoms with Crippen molar-refractivity contribution in [3.05, 3.63) is 118 Å². The number of hydrogen-bond donors (Lipinski definition) is 0. The number of rotatable bonds is 20. The van der Waals surface area contributed by atoms with Crippen molar-refractivity contribution in [1.82, 2.24) is 0 Å². The highest BCUT2D eigenvalue weighted by atomic mass is 19.3. The van der Waals surface area contributed by atoms with Crippen LogP contribution in [0.4, 0.5) is 26.3 Å². The fourth-order valence-corrected chi connectivity index (χ4v) is 4.89. The number of benzene rings is 3. The van der Waals surface area contributed by atoms with Crippen LogP contribution < -0.4 is 9.47 Å². The second-order valence-electron chi connectivity index (χ2n) is 12.2. The molecule has 0 bridgehead atoms. The first-order valence-corrected chi connectivity index (χ1v) is 16.5. The van der Waals surface area contributed by atoms with Crippen molar-refractivity contribution < 1.29 is 54.9 Å². The van der Waals surface area contributed by atoms with E-state index in [0.29, 0.717) is 73.6 Å². The second kappa shape index (κ2) is 18.5. The third-order valence-corrected chi connectivity index (χ3v) is 7.71. The van der Waals surface area contributed by atoms with Gasteiger partial charge in [-0.15, -0.1) is 0 Å². The largest absolute Gasteiger partial charge is 0.462 e. The van der Waals surface area contributed by atoms with Crippen LogP contribution in [-0.4, -0.2) is 25.2 Å². The molecule has 0 N–H and O–H groups in total. The molecule has 0 fully saturated rings. The number of hydrogen-bond acceptors (Lipinski definition) is 6. The maximum Gasteiger partial charge on any atom is 0.429 e. The molecule has 0 aliphatic carbocycles. The SMILES string of the molecule is C=C(C)C(=O)OCCCCCc1ccc(C(F)(F)Oc2ccc(OC(F)(F)c3ccc(CCCCCOC(=O)C(=C)C)cc3F)c(C)c2)c(F)c1. The van der Waals surface area contributed by atoms with Crippen molar-refractivity contribution in [3.8, 4) is 11.5 Å². The Morgan fingerprint density at radius 3 is 1.49 bits per heavy atom. The van der Waals surface area contributed by atoms with Crippen molar-refractivity contribution in [2.75, 3.05) is 13.2 Å². The van der Waals surface area contributed by atoms with Crippen LogP contribution in [-0.2, 0) is 44.1 Å². The summed E-state index contributed by atoms with van der Waals surface area (Å²) >= 11 is 0. The number of halogens is 6. The number of esters is 2. The molecule has 3 aromatic carbocycles. The summed E-state index contributed by atoms with van der Waals surface area (Å²) in [7, 11) is 0. The highest BCUT2D eigenvalue weighted by Crippen LogP contribution is 2.38. The van der Waals surface area contributed by atoms with Gasteiger partial charge < -0.3 is 18.9 Å². The van der Waals surface area contributed by atoms with E-state index in [4.69, 9.17) is 18.9 Å². The van der Waals surface area contributed by atoms with E-state index in [1.807, 2.05) is 0 Å². The summed E-state index contributed by atoms with van der Waals surface area (Å²) in [6, 6.07) is 9.54. The highest BCUT2D eigenvalue weighted by molar-refractivity contribution is 5.87. The zero-order chi connectivity index (χ0) is 37.8. The predicted octanol–water partition coefficient (Wildman–Crippen LogP) is 10.2. The van der Waals surface area contributed by atoms with Crippen LogP contribution in [0.2, 0.25) is 0 Å². The number of alkyl halides is 4. The minimum absolute atomic E-state index is 0.0147. The number of carbonyl (C=O) groups is 2. The molecule has 3 rings (SSSR count). The van der Waals surface area contributed by atoms with Crippen LogP contribution in [0.3, 0.4) is 0 Å². The summed E-state index contributed by atoms with van der Waals surface area (Å²) in [5.41, 5.74) is -0.452. The Morgan fingerprint density at radius 2 is 1.08 bits per heavy atom. The summed E-state index contributed by atoms with van der Waals surface area (Å²) in [5, 5.41) is 0. The molecule has 0 aromatic heterocycles. The third kappa shape index (κ3) is 12.5. The maximum atomic E-state index is 15.1. The van der Waals surface area contributed by atoms with Crippen molar-refractivity contribution >= 4 is 11.9 Å². The van der Waals surface area contributed by atoms with E-state index in [1.54, 1.807) is 13.8 Å². The van der Waals surface area contributed by atoms with Crippen LogP contribution in [0.5, 0.6) is 11.5 Å². The Hall–Kier alpha value is -4.74. The number of aryl methyl sites for hydroxylation is 3. The quantitative estimate of drug-likeness (QED) is 0.0501. The van der Waals surface area contributed by atoms with Crippen molar-refractivity contribution in [2.24, 2.45) is 0 Å². The Balaban J connectivity index is 1.54. The topological polar surface area (TPSA) is 71.1 Å². The molecule has 0 unspecified atom stereocenters. The Morgan fingerprint density at radius 1 is 0.627 bits per heavy atom. The fourth-order valence-electron chi connectivity index (χ4n) is 4.89. The van der Waals surface area contributed by atoms with Gasteiger partial charge in [0.15, 0.2) is 0 Å². The van der Waals surface area contributed by atoms with Gasteiger partial charge in [0.25, 0.3) is 0 Å². The lowest BCUT2D eigenvalue weighted by Gasteiger charge is -2.22. The van der Waals surface area contributed by atoms with Crippen LogP contribution in [0, 0.1) is 18.6 Å². The van der Waals surface area contributed by atoms with Gasteiger partial charge >= 0.3 is 24.2 Å².